The van der Waals surface area contributed by atoms with E-state index in [2.05, 4.69) is 0 Å². The fourth-order valence-corrected chi connectivity index (χ4v) is 3.17. The molecule has 0 amide bonds. The van der Waals surface area contributed by atoms with E-state index < -0.39 is 0 Å². The summed E-state index contributed by atoms with van der Waals surface area (Å²) >= 11 is 0. The van der Waals surface area contributed by atoms with Gasteiger partial charge in [-0.25, -0.2) is 0 Å². The molecule has 0 aromatic rings. The predicted molar refractivity (Wildman–Crippen MR) is 51.4 cm³/mol. The van der Waals surface area contributed by atoms with Gasteiger partial charge in [0.25, 0.3) is 0 Å². The summed E-state index contributed by atoms with van der Waals surface area (Å²) in [6.45, 7) is 0. The molecule has 0 radical (unpaired) electrons. The Morgan fingerprint density at radius 1 is 0.769 bits per heavy atom. The minimum atomic E-state index is -0.239. The highest BCUT2D eigenvalue weighted by molar-refractivity contribution is 4.97. The average molecular weight is 184 g/mol. The fourth-order valence-electron chi connectivity index (χ4n) is 3.17. The van der Waals surface area contributed by atoms with Gasteiger partial charge in [0.15, 0.2) is 0 Å². The maximum atomic E-state index is 9.99. The third-order valence-corrected chi connectivity index (χ3v) is 4.07. The molecule has 2 saturated carbocycles. The van der Waals surface area contributed by atoms with Gasteiger partial charge in [0.1, 0.15) is 0 Å². The highest BCUT2D eigenvalue weighted by atomic mass is 16.3. The first-order valence-electron chi connectivity index (χ1n) is 5.62. The van der Waals surface area contributed by atoms with E-state index in [-0.39, 0.29) is 17.6 Å². The lowest BCUT2D eigenvalue weighted by atomic mass is 9.62. The van der Waals surface area contributed by atoms with Crippen molar-refractivity contribution in [3.63, 3.8) is 0 Å². The molecule has 2 N–H and O–H groups in total. The molecule has 0 aromatic heterocycles. The van der Waals surface area contributed by atoms with Crippen LogP contribution in [0.1, 0.15) is 51.4 Å². The van der Waals surface area contributed by atoms with Crippen molar-refractivity contribution in [1.82, 2.24) is 0 Å². The Morgan fingerprint density at radius 3 is 1.62 bits per heavy atom. The molecule has 0 bridgehead atoms. The van der Waals surface area contributed by atoms with E-state index in [1.54, 1.807) is 0 Å². The molecular weight excluding hydrogens is 164 g/mol. The van der Waals surface area contributed by atoms with Crippen molar-refractivity contribution in [2.45, 2.75) is 63.6 Å². The van der Waals surface area contributed by atoms with Crippen molar-refractivity contribution in [2.75, 3.05) is 0 Å². The van der Waals surface area contributed by atoms with E-state index in [0.717, 1.165) is 38.5 Å². The Labute approximate surface area is 80.0 Å². The van der Waals surface area contributed by atoms with Crippen molar-refractivity contribution in [3.05, 3.63) is 0 Å². The van der Waals surface area contributed by atoms with Crippen LogP contribution in [0.15, 0.2) is 0 Å². The molecule has 2 fully saturated rings. The van der Waals surface area contributed by atoms with Gasteiger partial charge >= 0.3 is 0 Å². The normalized spacial score (nSPS) is 46.6. The standard InChI is InChI=1S/C11H20O2/c12-9-5-1-3-7-11(9)8-4-2-6-10(11)13/h9-10,12-13H,1-8H2/t9-,10?,11?/m0/s1. The molecule has 0 heterocycles. The van der Waals surface area contributed by atoms with E-state index in [1.165, 1.54) is 12.8 Å². The van der Waals surface area contributed by atoms with E-state index >= 15 is 0 Å². The maximum Gasteiger partial charge on any atom is 0.0621 e. The van der Waals surface area contributed by atoms with Gasteiger partial charge in [0.05, 0.1) is 12.2 Å². The fraction of sp³-hybridized carbons (Fsp3) is 1.00. The second-order valence-electron chi connectivity index (χ2n) is 4.76. The molecule has 13 heavy (non-hydrogen) atoms. The second-order valence-corrected chi connectivity index (χ2v) is 4.76. The third kappa shape index (κ3) is 1.50. The topological polar surface area (TPSA) is 40.5 Å². The van der Waals surface area contributed by atoms with E-state index in [9.17, 15) is 10.2 Å². The monoisotopic (exact) mass is 184 g/mol. The highest BCUT2D eigenvalue weighted by Gasteiger charge is 2.46. The number of aliphatic hydroxyl groups excluding tert-OH is 2. The summed E-state index contributed by atoms with van der Waals surface area (Å²) in [5.74, 6) is 0. The minimum absolute atomic E-state index is 0.115. The summed E-state index contributed by atoms with van der Waals surface area (Å²) in [7, 11) is 0. The molecule has 0 saturated heterocycles. The number of hydrogen-bond donors (Lipinski definition) is 2. The van der Waals surface area contributed by atoms with Crippen LogP contribution in [-0.2, 0) is 0 Å². The molecule has 0 aliphatic heterocycles. The second kappa shape index (κ2) is 3.58. The van der Waals surface area contributed by atoms with Gasteiger partial charge in [-0.1, -0.05) is 25.7 Å². The molecule has 76 valence electrons. The summed E-state index contributed by atoms with van der Waals surface area (Å²) in [6, 6.07) is 0. The molecular formula is C11H20O2. The van der Waals surface area contributed by atoms with Crippen molar-refractivity contribution < 1.29 is 10.2 Å². The molecule has 2 heteroatoms. The number of hydrogen-bond acceptors (Lipinski definition) is 2. The summed E-state index contributed by atoms with van der Waals surface area (Å²) in [5, 5.41) is 20.0. The van der Waals surface area contributed by atoms with Gasteiger partial charge in [-0.2, -0.15) is 0 Å². The van der Waals surface area contributed by atoms with Gasteiger partial charge in [0, 0.05) is 5.41 Å². The summed E-state index contributed by atoms with van der Waals surface area (Å²) in [6.07, 6.45) is 8.04. The van der Waals surface area contributed by atoms with Crippen LogP contribution in [-0.4, -0.2) is 22.4 Å². The van der Waals surface area contributed by atoms with Crippen LogP contribution in [0.5, 0.6) is 0 Å². The zero-order chi connectivity index (χ0) is 9.31. The Bertz CT molecular complexity index is 159. The molecule has 1 spiro atoms. The lowest BCUT2D eigenvalue weighted by Crippen LogP contribution is -2.49. The molecule has 2 nitrogen and oxygen atoms in total. The first-order valence-corrected chi connectivity index (χ1v) is 5.62. The maximum absolute atomic E-state index is 9.99. The largest absolute Gasteiger partial charge is 0.392 e. The molecule has 3 atom stereocenters. The van der Waals surface area contributed by atoms with Crippen molar-refractivity contribution in [2.24, 2.45) is 5.41 Å². The Balaban J connectivity index is 2.13. The van der Waals surface area contributed by atoms with Crippen molar-refractivity contribution in [1.29, 1.82) is 0 Å². The van der Waals surface area contributed by atoms with Crippen LogP contribution in [0.3, 0.4) is 0 Å². The minimum Gasteiger partial charge on any atom is -0.392 e. The van der Waals surface area contributed by atoms with Gasteiger partial charge in [-0.3, -0.25) is 0 Å². The van der Waals surface area contributed by atoms with Crippen LogP contribution in [0.4, 0.5) is 0 Å². The van der Waals surface area contributed by atoms with E-state index in [4.69, 9.17) is 0 Å². The summed E-state index contributed by atoms with van der Waals surface area (Å²) in [4.78, 5) is 0. The van der Waals surface area contributed by atoms with Crippen molar-refractivity contribution in [3.8, 4) is 0 Å². The van der Waals surface area contributed by atoms with Crippen LogP contribution in [0, 0.1) is 5.41 Å². The molecule has 0 aromatic carbocycles. The SMILES string of the molecule is OC1CCCCC12CCCC[C@@H]2O. The van der Waals surface area contributed by atoms with E-state index in [0.29, 0.717) is 0 Å². The first kappa shape index (κ1) is 9.47. The summed E-state index contributed by atoms with van der Waals surface area (Å²) < 4.78 is 0. The zero-order valence-corrected chi connectivity index (χ0v) is 8.21. The molecule has 2 unspecified atom stereocenters. The first-order chi connectivity index (χ1) is 6.26. The Morgan fingerprint density at radius 2 is 1.23 bits per heavy atom. The summed E-state index contributed by atoms with van der Waals surface area (Å²) in [5.41, 5.74) is -0.115. The molecule has 2 aliphatic rings. The zero-order valence-electron chi connectivity index (χ0n) is 8.21. The van der Waals surface area contributed by atoms with Crippen LogP contribution < -0.4 is 0 Å². The number of aliphatic hydroxyl groups is 2. The van der Waals surface area contributed by atoms with Crippen LogP contribution in [0.2, 0.25) is 0 Å². The quantitative estimate of drug-likeness (QED) is 0.603. The van der Waals surface area contributed by atoms with E-state index in [1.807, 2.05) is 0 Å². The van der Waals surface area contributed by atoms with Gasteiger partial charge < -0.3 is 10.2 Å². The lowest BCUT2D eigenvalue weighted by Gasteiger charge is -2.47. The molecule has 2 rings (SSSR count). The highest BCUT2D eigenvalue weighted by Crippen LogP contribution is 2.47. The smallest absolute Gasteiger partial charge is 0.0621 e. The van der Waals surface area contributed by atoms with Crippen molar-refractivity contribution >= 4 is 0 Å². The van der Waals surface area contributed by atoms with Gasteiger partial charge in [-0.15, -0.1) is 0 Å². The number of rotatable bonds is 0. The predicted octanol–water partition coefficient (Wildman–Crippen LogP) is 1.84. The average Bonchev–Trinajstić information content (AvgIpc) is 2.15. The lowest BCUT2D eigenvalue weighted by molar-refractivity contribution is -0.116. The van der Waals surface area contributed by atoms with Crippen LogP contribution >= 0.6 is 0 Å². The van der Waals surface area contributed by atoms with Crippen LogP contribution in [0.25, 0.3) is 0 Å². The van der Waals surface area contributed by atoms with Gasteiger partial charge in [-0.05, 0) is 25.7 Å². The Hall–Kier alpha value is -0.0800. The molecule has 2 aliphatic carbocycles. The van der Waals surface area contributed by atoms with Gasteiger partial charge in [0.2, 0.25) is 0 Å². The third-order valence-electron chi connectivity index (χ3n) is 4.07. The Kier molecular flexibility index (Phi) is 2.61.